The van der Waals surface area contributed by atoms with E-state index in [1.165, 1.54) is 12.8 Å². The van der Waals surface area contributed by atoms with Crippen LogP contribution in [0.3, 0.4) is 0 Å². The van der Waals surface area contributed by atoms with Crippen LogP contribution < -0.4 is 11.1 Å². The van der Waals surface area contributed by atoms with Crippen LogP contribution in [0.2, 0.25) is 0 Å². The van der Waals surface area contributed by atoms with Crippen molar-refractivity contribution in [1.29, 1.82) is 0 Å². The standard InChI is InChI=1S/C12H20N2O2S/c13-10(17)12(4-1-5-12)11(15)14-6-7-16-8-9-2-3-9/h9H,1-8H2,(H2,13,17)(H,14,15). The van der Waals surface area contributed by atoms with Crippen LogP contribution in [0.4, 0.5) is 0 Å². The molecule has 2 rings (SSSR count). The molecule has 17 heavy (non-hydrogen) atoms. The summed E-state index contributed by atoms with van der Waals surface area (Å²) in [4.78, 5) is 12.3. The summed E-state index contributed by atoms with van der Waals surface area (Å²) in [6.07, 6.45) is 5.19. The number of ether oxygens (including phenoxy) is 1. The second-order valence-corrected chi connectivity index (χ2v) is 5.51. The molecule has 2 aliphatic rings. The molecular weight excluding hydrogens is 236 g/mol. The highest BCUT2D eigenvalue weighted by Gasteiger charge is 2.46. The molecule has 2 saturated carbocycles. The molecule has 0 aromatic carbocycles. The van der Waals surface area contributed by atoms with Gasteiger partial charge in [0.25, 0.3) is 0 Å². The van der Waals surface area contributed by atoms with Crippen LogP contribution in [0.1, 0.15) is 32.1 Å². The molecule has 2 aliphatic carbocycles. The largest absolute Gasteiger partial charge is 0.392 e. The van der Waals surface area contributed by atoms with E-state index in [9.17, 15) is 4.79 Å². The second-order valence-electron chi connectivity index (χ2n) is 5.07. The lowest BCUT2D eigenvalue weighted by atomic mass is 9.68. The molecule has 0 aromatic heterocycles. The number of thiocarbonyl (C=S) groups is 1. The molecule has 0 radical (unpaired) electrons. The summed E-state index contributed by atoms with van der Waals surface area (Å²) in [5.74, 6) is 0.742. The zero-order chi connectivity index (χ0) is 12.3. The minimum atomic E-state index is -0.564. The Bertz CT molecular complexity index is 312. The van der Waals surface area contributed by atoms with Crippen molar-refractivity contribution in [3.05, 3.63) is 0 Å². The summed E-state index contributed by atoms with van der Waals surface area (Å²) in [5.41, 5.74) is 5.09. The van der Waals surface area contributed by atoms with E-state index in [1.807, 2.05) is 0 Å². The Hall–Kier alpha value is -0.680. The van der Waals surface area contributed by atoms with Crippen molar-refractivity contribution in [2.45, 2.75) is 32.1 Å². The number of nitrogens with one attached hydrogen (secondary N) is 1. The number of carbonyl (C=O) groups excluding carboxylic acids is 1. The molecule has 0 saturated heterocycles. The third-order valence-electron chi connectivity index (χ3n) is 3.70. The van der Waals surface area contributed by atoms with Crippen molar-refractivity contribution in [2.75, 3.05) is 19.8 Å². The lowest BCUT2D eigenvalue weighted by Crippen LogP contribution is -2.53. The zero-order valence-corrected chi connectivity index (χ0v) is 10.9. The predicted octanol–water partition coefficient (Wildman–Crippen LogP) is 0.986. The molecule has 3 N–H and O–H groups in total. The van der Waals surface area contributed by atoms with E-state index in [0.717, 1.165) is 31.8 Å². The van der Waals surface area contributed by atoms with Gasteiger partial charge in [-0.05, 0) is 31.6 Å². The smallest absolute Gasteiger partial charge is 0.233 e. The van der Waals surface area contributed by atoms with Crippen LogP contribution in [0, 0.1) is 11.3 Å². The van der Waals surface area contributed by atoms with Gasteiger partial charge in [-0.15, -0.1) is 0 Å². The lowest BCUT2D eigenvalue weighted by Gasteiger charge is -2.39. The Labute approximate surface area is 107 Å². The SMILES string of the molecule is NC(=S)C1(C(=O)NCCOCC2CC2)CCC1. The molecule has 1 amide bonds. The van der Waals surface area contributed by atoms with E-state index in [2.05, 4.69) is 5.32 Å². The third-order valence-corrected chi connectivity index (χ3v) is 4.09. The van der Waals surface area contributed by atoms with Gasteiger partial charge in [-0.1, -0.05) is 18.6 Å². The average Bonchev–Trinajstić information content (AvgIpc) is 2.98. The molecule has 0 heterocycles. The van der Waals surface area contributed by atoms with Crippen LogP contribution in [0.5, 0.6) is 0 Å². The topological polar surface area (TPSA) is 64.4 Å². The van der Waals surface area contributed by atoms with Crippen LogP contribution in [-0.2, 0) is 9.53 Å². The van der Waals surface area contributed by atoms with Gasteiger partial charge in [-0.2, -0.15) is 0 Å². The number of rotatable bonds is 7. The van der Waals surface area contributed by atoms with Gasteiger partial charge in [0.1, 0.15) is 0 Å². The van der Waals surface area contributed by atoms with Crippen molar-refractivity contribution in [3.63, 3.8) is 0 Å². The fourth-order valence-corrected chi connectivity index (χ4v) is 2.35. The van der Waals surface area contributed by atoms with Crippen molar-refractivity contribution < 1.29 is 9.53 Å². The number of hydrogen-bond donors (Lipinski definition) is 2. The first-order valence-corrected chi connectivity index (χ1v) is 6.72. The summed E-state index contributed by atoms with van der Waals surface area (Å²) in [7, 11) is 0. The minimum absolute atomic E-state index is 0.0220. The first kappa shape index (κ1) is 12.8. The average molecular weight is 256 g/mol. The predicted molar refractivity (Wildman–Crippen MR) is 69.6 cm³/mol. The Morgan fingerprint density at radius 3 is 2.65 bits per heavy atom. The molecule has 0 atom stereocenters. The summed E-state index contributed by atoms with van der Waals surface area (Å²) in [6.45, 7) is 1.96. The Morgan fingerprint density at radius 2 is 2.18 bits per heavy atom. The van der Waals surface area contributed by atoms with Crippen molar-refractivity contribution in [1.82, 2.24) is 5.32 Å². The van der Waals surface area contributed by atoms with Crippen LogP contribution in [0.25, 0.3) is 0 Å². The highest BCUT2D eigenvalue weighted by molar-refractivity contribution is 7.80. The Balaban J connectivity index is 1.63. The summed E-state index contributed by atoms with van der Waals surface area (Å²) in [6, 6.07) is 0. The maximum Gasteiger partial charge on any atom is 0.233 e. The van der Waals surface area contributed by atoms with Crippen LogP contribution in [0.15, 0.2) is 0 Å². The molecular formula is C12H20N2O2S. The van der Waals surface area contributed by atoms with Crippen molar-refractivity contribution in [2.24, 2.45) is 17.1 Å². The summed E-state index contributed by atoms with van der Waals surface area (Å²) >= 11 is 4.99. The maximum absolute atomic E-state index is 12.0. The van der Waals surface area contributed by atoms with Crippen LogP contribution in [-0.4, -0.2) is 30.7 Å². The molecule has 0 bridgehead atoms. The Kier molecular flexibility index (Phi) is 3.99. The lowest BCUT2D eigenvalue weighted by molar-refractivity contribution is -0.131. The number of carbonyl (C=O) groups is 1. The van der Waals surface area contributed by atoms with E-state index in [-0.39, 0.29) is 5.91 Å². The number of hydrogen-bond acceptors (Lipinski definition) is 3. The zero-order valence-electron chi connectivity index (χ0n) is 10.0. The Morgan fingerprint density at radius 1 is 1.47 bits per heavy atom. The van der Waals surface area contributed by atoms with Gasteiger partial charge in [0, 0.05) is 13.2 Å². The van der Waals surface area contributed by atoms with E-state index in [4.69, 9.17) is 22.7 Å². The first-order chi connectivity index (χ1) is 8.15. The van der Waals surface area contributed by atoms with Gasteiger partial charge in [0.2, 0.25) is 5.91 Å². The van der Waals surface area contributed by atoms with Gasteiger partial charge in [0.15, 0.2) is 0 Å². The molecule has 0 aliphatic heterocycles. The van der Waals surface area contributed by atoms with Gasteiger partial charge >= 0.3 is 0 Å². The quantitative estimate of drug-likeness (QED) is 0.526. The minimum Gasteiger partial charge on any atom is -0.392 e. The van der Waals surface area contributed by atoms with Gasteiger partial charge in [-0.3, -0.25) is 4.79 Å². The normalized spacial score (nSPS) is 21.6. The van der Waals surface area contributed by atoms with E-state index < -0.39 is 5.41 Å². The fourth-order valence-electron chi connectivity index (χ4n) is 2.06. The molecule has 4 nitrogen and oxygen atoms in total. The fraction of sp³-hybridized carbons (Fsp3) is 0.833. The monoisotopic (exact) mass is 256 g/mol. The molecule has 0 aromatic rings. The van der Waals surface area contributed by atoms with E-state index in [0.29, 0.717) is 18.1 Å². The second kappa shape index (κ2) is 5.31. The first-order valence-electron chi connectivity index (χ1n) is 6.31. The molecule has 0 unspecified atom stereocenters. The number of amides is 1. The highest BCUT2D eigenvalue weighted by atomic mass is 32.1. The van der Waals surface area contributed by atoms with Gasteiger partial charge < -0.3 is 15.8 Å². The molecule has 2 fully saturated rings. The number of nitrogens with two attached hydrogens (primary N) is 1. The summed E-state index contributed by atoms with van der Waals surface area (Å²) in [5, 5.41) is 2.87. The maximum atomic E-state index is 12.0. The molecule has 5 heteroatoms. The highest BCUT2D eigenvalue weighted by Crippen LogP contribution is 2.41. The van der Waals surface area contributed by atoms with Crippen molar-refractivity contribution in [3.8, 4) is 0 Å². The van der Waals surface area contributed by atoms with E-state index in [1.54, 1.807) is 0 Å². The van der Waals surface area contributed by atoms with Crippen molar-refractivity contribution >= 4 is 23.1 Å². The molecule has 0 spiro atoms. The van der Waals surface area contributed by atoms with E-state index >= 15 is 0 Å². The third kappa shape index (κ3) is 2.96. The molecule has 96 valence electrons. The van der Waals surface area contributed by atoms with Gasteiger partial charge in [-0.25, -0.2) is 0 Å². The van der Waals surface area contributed by atoms with Crippen LogP contribution >= 0.6 is 12.2 Å². The van der Waals surface area contributed by atoms with Gasteiger partial charge in [0.05, 0.1) is 17.0 Å². The summed E-state index contributed by atoms with van der Waals surface area (Å²) < 4.78 is 5.45.